The highest BCUT2D eigenvalue weighted by atomic mass is 35.5. The molecule has 1 aromatic heterocycles. The minimum absolute atomic E-state index is 0.0618. The minimum Gasteiger partial charge on any atom is -0.307 e. The highest BCUT2D eigenvalue weighted by Gasteiger charge is 2.27. The lowest BCUT2D eigenvalue weighted by molar-refractivity contribution is -0.384. The first-order valence-corrected chi connectivity index (χ1v) is 9.63. The Bertz CT molecular complexity index is 1110. The molecule has 8 heteroatoms. The number of carbonyl (C=O) groups is 2. The number of nitro groups is 1. The molecule has 0 aliphatic carbocycles. The maximum absolute atomic E-state index is 13.1. The molecule has 0 N–H and O–H groups in total. The summed E-state index contributed by atoms with van der Waals surface area (Å²) in [5.41, 5.74) is 2.88. The van der Waals surface area contributed by atoms with Crippen molar-refractivity contribution in [3.63, 3.8) is 0 Å². The van der Waals surface area contributed by atoms with E-state index in [2.05, 4.69) is 0 Å². The topological polar surface area (TPSA) is 80.5 Å². The lowest BCUT2D eigenvalue weighted by atomic mass is 10.1. The van der Waals surface area contributed by atoms with Crippen LogP contribution in [-0.2, 0) is 6.42 Å². The van der Waals surface area contributed by atoms with Gasteiger partial charge >= 0.3 is 0 Å². The van der Waals surface area contributed by atoms with Gasteiger partial charge in [-0.1, -0.05) is 18.2 Å². The number of nitro benzene ring substituents is 1. The van der Waals surface area contributed by atoms with Gasteiger partial charge < -0.3 is 4.90 Å². The van der Waals surface area contributed by atoms with Gasteiger partial charge in [0.15, 0.2) is 0 Å². The maximum atomic E-state index is 13.1. The fraction of sp³-hybridized carbons (Fsp3) is 0.100. The molecule has 0 bridgehead atoms. The van der Waals surface area contributed by atoms with Crippen LogP contribution in [0.25, 0.3) is 10.4 Å². The highest BCUT2D eigenvalue weighted by molar-refractivity contribution is 7.19. The van der Waals surface area contributed by atoms with E-state index in [0.717, 1.165) is 21.7 Å². The van der Waals surface area contributed by atoms with Crippen LogP contribution in [0.4, 0.5) is 11.4 Å². The van der Waals surface area contributed by atoms with Crippen molar-refractivity contribution in [2.24, 2.45) is 0 Å². The Labute approximate surface area is 169 Å². The fourth-order valence-corrected chi connectivity index (χ4v) is 4.53. The molecule has 4 rings (SSSR count). The average Bonchev–Trinajstić information content (AvgIpc) is 3.06. The zero-order chi connectivity index (χ0) is 19.8. The summed E-state index contributed by atoms with van der Waals surface area (Å²) in [5, 5.41) is 10.4. The molecule has 1 aliphatic heterocycles. The van der Waals surface area contributed by atoms with E-state index in [0.29, 0.717) is 23.4 Å². The lowest BCUT2D eigenvalue weighted by Crippen LogP contribution is -2.32. The Morgan fingerprint density at radius 1 is 1.11 bits per heavy atom. The van der Waals surface area contributed by atoms with Crippen molar-refractivity contribution in [1.82, 2.24) is 0 Å². The van der Waals surface area contributed by atoms with Crippen molar-refractivity contribution >= 4 is 45.5 Å². The van der Waals surface area contributed by atoms with E-state index in [1.54, 1.807) is 11.0 Å². The summed E-state index contributed by atoms with van der Waals surface area (Å²) in [6.45, 7) is 0.423. The first-order chi connectivity index (χ1) is 13.5. The molecule has 6 nitrogen and oxygen atoms in total. The van der Waals surface area contributed by atoms with Crippen LogP contribution in [0.15, 0.2) is 54.6 Å². The third-order valence-electron chi connectivity index (χ3n) is 4.62. The molecule has 0 spiro atoms. The Balaban J connectivity index is 1.75. The third-order valence-corrected chi connectivity index (χ3v) is 6.14. The fourth-order valence-electron chi connectivity index (χ4n) is 3.29. The maximum Gasteiger partial charge on any atom is 0.269 e. The monoisotopic (exact) mass is 412 g/mol. The van der Waals surface area contributed by atoms with Crippen molar-refractivity contribution in [1.29, 1.82) is 0 Å². The molecule has 3 aromatic rings. The second-order valence-electron chi connectivity index (χ2n) is 6.27. The number of benzene rings is 2. The lowest BCUT2D eigenvalue weighted by Gasteiger charge is -2.23. The number of nitrogens with zero attached hydrogens (tertiary/aromatic N) is 2. The molecule has 140 valence electrons. The van der Waals surface area contributed by atoms with Crippen LogP contribution in [0.2, 0.25) is 0 Å². The van der Waals surface area contributed by atoms with Crippen LogP contribution in [0.1, 0.15) is 25.6 Å². The zero-order valence-corrected chi connectivity index (χ0v) is 16.0. The van der Waals surface area contributed by atoms with Crippen LogP contribution < -0.4 is 4.90 Å². The summed E-state index contributed by atoms with van der Waals surface area (Å²) >= 11 is 6.96. The van der Waals surface area contributed by atoms with E-state index in [9.17, 15) is 19.7 Å². The Kier molecular flexibility index (Phi) is 4.70. The van der Waals surface area contributed by atoms with Gasteiger partial charge in [0.25, 0.3) is 16.8 Å². The Hall–Kier alpha value is -3.03. The van der Waals surface area contributed by atoms with Crippen molar-refractivity contribution in [3.8, 4) is 10.4 Å². The molecule has 0 radical (unpaired) electrons. The number of halogens is 1. The average molecular weight is 413 g/mol. The number of carbonyl (C=O) groups excluding carboxylic acids is 2. The number of para-hydroxylation sites is 1. The van der Waals surface area contributed by atoms with Crippen molar-refractivity contribution < 1.29 is 14.5 Å². The number of hydrogen-bond donors (Lipinski definition) is 0. The summed E-state index contributed by atoms with van der Waals surface area (Å²) in [6.07, 6.45) is 0.573. The van der Waals surface area contributed by atoms with Gasteiger partial charge in [0, 0.05) is 34.7 Å². The summed E-state index contributed by atoms with van der Waals surface area (Å²) in [6, 6.07) is 14.9. The second-order valence-corrected chi connectivity index (χ2v) is 7.66. The number of fused-ring (bicyclic) bond motifs is 3. The van der Waals surface area contributed by atoms with E-state index < -0.39 is 10.2 Å². The smallest absolute Gasteiger partial charge is 0.269 e. The molecule has 0 fully saturated rings. The third kappa shape index (κ3) is 3.19. The zero-order valence-electron chi connectivity index (χ0n) is 14.4. The molecule has 0 atom stereocenters. The number of thiophene rings is 1. The molecule has 0 saturated carbocycles. The molecule has 1 aliphatic rings. The van der Waals surface area contributed by atoms with Crippen LogP contribution >= 0.6 is 22.9 Å². The Morgan fingerprint density at radius 3 is 2.50 bits per heavy atom. The molecular formula is C20H13ClN2O4S. The van der Waals surface area contributed by atoms with Gasteiger partial charge in [-0.25, -0.2) is 0 Å². The van der Waals surface area contributed by atoms with Crippen molar-refractivity contribution in [2.75, 3.05) is 11.4 Å². The van der Waals surface area contributed by atoms with E-state index in [1.807, 2.05) is 24.3 Å². The summed E-state index contributed by atoms with van der Waals surface area (Å²) in [5.74, 6) is -0.230. The van der Waals surface area contributed by atoms with E-state index in [4.69, 9.17) is 11.6 Å². The normalized spacial score (nSPS) is 12.7. The number of amides is 1. The van der Waals surface area contributed by atoms with Gasteiger partial charge in [-0.2, -0.15) is 0 Å². The van der Waals surface area contributed by atoms with Gasteiger partial charge in [0.05, 0.1) is 15.5 Å². The van der Waals surface area contributed by atoms with Crippen molar-refractivity contribution in [3.05, 3.63) is 80.7 Å². The van der Waals surface area contributed by atoms with E-state index in [-0.39, 0.29) is 11.6 Å². The molecule has 0 saturated heterocycles. The van der Waals surface area contributed by atoms with Crippen LogP contribution in [-0.4, -0.2) is 22.6 Å². The first-order valence-electron chi connectivity index (χ1n) is 8.44. The quantitative estimate of drug-likeness (QED) is 0.348. The number of non-ortho nitro benzene ring substituents is 1. The number of hydrogen-bond acceptors (Lipinski definition) is 5. The Morgan fingerprint density at radius 2 is 1.82 bits per heavy atom. The standard InChI is InChI=1S/C20H13ClN2O4S/c21-19(24)17-11-13-9-10-22(16-4-2-1-3-15(16)18(13)28-17)20(25)12-5-7-14(8-6-12)23(26)27/h1-8,11H,9-10H2. The molecule has 0 unspecified atom stereocenters. The number of anilines is 1. The predicted molar refractivity (Wildman–Crippen MR) is 108 cm³/mol. The highest BCUT2D eigenvalue weighted by Crippen LogP contribution is 2.42. The molecule has 1 amide bonds. The van der Waals surface area contributed by atoms with Gasteiger partial charge in [0.2, 0.25) is 0 Å². The van der Waals surface area contributed by atoms with Gasteiger partial charge in [-0.15, -0.1) is 11.3 Å². The van der Waals surface area contributed by atoms with Gasteiger partial charge in [0.1, 0.15) is 0 Å². The second kappa shape index (κ2) is 7.18. The van der Waals surface area contributed by atoms with Crippen LogP contribution in [0, 0.1) is 10.1 Å². The summed E-state index contributed by atoms with van der Waals surface area (Å²) in [7, 11) is 0. The molecule has 2 heterocycles. The van der Waals surface area contributed by atoms with Crippen molar-refractivity contribution in [2.45, 2.75) is 6.42 Å². The van der Waals surface area contributed by atoms with Crippen LogP contribution in [0.3, 0.4) is 0 Å². The van der Waals surface area contributed by atoms with Gasteiger partial charge in [-0.3, -0.25) is 19.7 Å². The summed E-state index contributed by atoms with van der Waals surface area (Å²) in [4.78, 5) is 38.1. The van der Waals surface area contributed by atoms with E-state index >= 15 is 0 Å². The molecule has 2 aromatic carbocycles. The number of rotatable bonds is 3. The molecule has 28 heavy (non-hydrogen) atoms. The summed E-state index contributed by atoms with van der Waals surface area (Å²) < 4.78 is 0. The van der Waals surface area contributed by atoms with Gasteiger partial charge in [-0.05, 0) is 47.9 Å². The van der Waals surface area contributed by atoms with Crippen LogP contribution in [0.5, 0.6) is 0 Å². The first kappa shape index (κ1) is 18.3. The minimum atomic E-state index is -0.497. The van der Waals surface area contributed by atoms with E-state index in [1.165, 1.54) is 35.6 Å². The predicted octanol–water partition coefficient (Wildman–Crippen LogP) is 4.91. The molecular weight excluding hydrogens is 400 g/mol. The largest absolute Gasteiger partial charge is 0.307 e. The SMILES string of the molecule is O=C(Cl)c1cc2c(s1)-c1ccccc1N(C(=O)c1ccc([N+](=O)[O-])cc1)CC2.